The highest BCUT2D eigenvalue weighted by Crippen LogP contribution is 2.48. The van der Waals surface area contributed by atoms with Crippen LogP contribution in [0.15, 0.2) is 36.2 Å². The molecule has 3 aromatic rings. The Hall–Kier alpha value is -3.29. The smallest absolute Gasteiger partial charge is 0.334 e. The summed E-state index contributed by atoms with van der Waals surface area (Å²) in [6.07, 6.45) is 9.85. The van der Waals surface area contributed by atoms with E-state index in [0.29, 0.717) is 24.4 Å². The Morgan fingerprint density at radius 2 is 2.00 bits per heavy atom. The molecule has 35 heavy (non-hydrogen) atoms. The van der Waals surface area contributed by atoms with Crippen LogP contribution < -0.4 is 0 Å². The molecule has 0 saturated heterocycles. The largest absolute Gasteiger partial charge is 0.512 e. The number of nitrogens with zero attached hydrogens (tertiary/aromatic N) is 5. The number of esters is 1. The van der Waals surface area contributed by atoms with Crippen molar-refractivity contribution in [2.24, 2.45) is 11.8 Å². The lowest BCUT2D eigenvalue weighted by Crippen LogP contribution is -2.52. The van der Waals surface area contributed by atoms with Gasteiger partial charge in [0.1, 0.15) is 11.4 Å². The van der Waals surface area contributed by atoms with Gasteiger partial charge in [-0.15, -0.1) is 5.10 Å². The van der Waals surface area contributed by atoms with Crippen LogP contribution in [0.2, 0.25) is 0 Å². The number of aryl methyl sites for hydroxylation is 4. The lowest BCUT2D eigenvalue weighted by molar-refractivity contribution is -0.175. The van der Waals surface area contributed by atoms with Crippen molar-refractivity contribution < 1.29 is 14.6 Å². The number of hydrogen-bond donors (Lipinski definition) is 1. The van der Waals surface area contributed by atoms with E-state index in [2.05, 4.69) is 27.9 Å². The number of carbonyl (C=O) groups excluding carboxylic acids is 1. The average molecular weight is 476 g/mol. The van der Waals surface area contributed by atoms with Crippen LogP contribution in [0.25, 0.3) is 5.78 Å². The van der Waals surface area contributed by atoms with Gasteiger partial charge in [0, 0.05) is 29.7 Å². The minimum absolute atomic E-state index is 0.0665. The number of rotatable bonds is 7. The van der Waals surface area contributed by atoms with E-state index in [0.717, 1.165) is 55.6 Å². The van der Waals surface area contributed by atoms with E-state index in [1.165, 1.54) is 11.6 Å². The van der Waals surface area contributed by atoms with Gasteiger partial charge in [-0.3, -0.25) is 4.98 Å². The number of carbonyl (C=O) groups is 1. The topological polar surface area (TPSA) is 102 Å². The highest BCUT2D eigenvalue weighted by Gasteiger charge is 2.53. The predicted octanol–water partition coefficient (Wildman–Crippen LogP) is 4.42. The van der Waals surface area contributed by atoms with Crippen LogP contribution in [-0.2, 0) is 28.8 Å². The summed E-state index contributed by atoms with van der Waals surface area (Å²) >= 11 is 0. The zero-order valence-corrected chi connectivity index (χ0v) is 20.7. The number of aromatic nitrogens is 5. The summed E-state index contributed by atoms with van der Waals surface area (Å²) in [4.78, 5) is 26.3. The SMILES string of the molecule is CCc1cc(CCC2(C3CCCC3)OC(=O)C=C(O)C2Cc2nc3nc(C)cc(C)n3n2)ccn1. The first-order chi connectivity index (χ1) is 16.9. The molecule has 8 nitrogen and oxygen atoms in total. The fraction of sp³-hybridized carbons (Fsp3) is 0.519. The van der Waals surface area contributed by atoms with Gasteiger partial charge in [-0.25, -0.2) is 14.3 Å². The van der Waals surface area contributed by atoms with Gasteiger partial charge < -0.3 is 9.84 Å². The first kappa shape index (κ1) is 23.5. The summed E-state index contributed by atoms with van der Waals surface area (Å²) in [5, 5.41) is 15.8. The van der Waals surface area contributed by atoms with Gasteiger partial charge in [0.2, 0.25) is 0 Å². The van der Waals surface area contributed by atoms with E-state index in [-0.39, 0.29) is 11.7 Å². The monoisotopic (exact) mass is 475 g/mol. The fourth-order valence-electron chi connectivity index (χ4n) is 5.94. The zero-order valence-electron chi connectivity index (χ0n) is 20.7. The van der Waals surface area contributed by atoms with E-state index < -0.39 is 17.5 Å². The molecular weight excluding hydrogens is 442 g/mol. The third kappa shape index (κ3) is 4.54. The van der Waals surface area contributed by atoms with Gasteiger partial charge in [0.15, 0.2) is 5.82 Å². The maximum Gasteiger partial charge on any atom is 0.334 e. The van der Waals surface area contributed by atoms with Crippen LogP contribution in [0.4, 0.5) is 0 Å². The first-order valence-corrected chi connectivity index (χ1v) is 12.6. The van der Waals surface area contributed by atoms with Gasteiger partial charge in [0.05, 0.1) is 12.0 Å². The Labute approximate surface area is 205 Å². The zero-order chi connectivity index (χ0) is 24.6. The van der Waals surface area contributed by atoms with Gasteiger partial charge in [0.25, 0.3) is 5.78 Å². The summed E-state index contributed by atoms with van der Waals surface area (Å²) < 4.78 is 7.97. The molecule has 2 atom stereocenters. The van der Waals surface area contributed by atoms with Crippen LogP contribution in [0.1, 0.15) is 67.5 Å². The normalized spacial score (nSPS) is 23.0. The van der Waals surface area contributed by atoms with Gasteiger partial charge in [-0.05, 0) is 75.6 Å². The molecule has 1 aliphatic carbocycles. The predicted molar refractivity (Wildman–Crippen MR) is 131 cm³/mol. The standard InChI is InChI=1S/C27H33N5O3/c1-4-21-14-19(10-12-28-21)9-11-27(20-7-5-6-8-20)22(23(33)16-25(34)35-27)15-24-30-26-29-17(2)13-18(3)32(26)31-24/h10,12-14,16,20,22,33H,4-9,11,15H2,1-3H3. The minimum atomic E-state index is -0.808. The molecular formula is C27H33N5O3. The second kappa shape index (κ2) is 9.40. The number of pyridine rings is 1. The van der Waals surface area contributed by atoms with Crippen molar-refractivity contribution in [3.8, 4) is 0 Å². The van der Waals surface area contributed by atoms with E-state index in [4.69, 9.17) is 9.84 Å². The number of fused-ring (bicyclic) bond motifs is 1. The third-order valence-electron chi connectivity index (χ3n) is 7.65. The highest BCUT2D eigenvalue weighted by atomic mass is 16.6. The fourth-order valence-corrected chi connectivity index (χ4v) is 5.94. The van der Waals surface area contributed by atoms with Gasteiger partial charge in [-0.1, -0.05) is 19.8 Å². The Bertz CT molecular complexity index is 1280. The second-order valence-electron chi connectivity index (χ2n) is 9.97. The summed E-state index contributed by atoms with van der Waals surface area (Å²) in [6.45, 7) is 6.00. The van der Waals surface area contributed by atoms with Crippen LogP contribution in [0.3, 0.4) is 0 Å². The second-order valence-corrected chi connectivity index (χ2v) is 9.97. The Balaban J connectivity index is 1.52. The molecule has 4 heterocycles. The van der Waals surface area contributed by atoms with Crippen LogP contribution in [0.5, 0.6) is 0 Å². The molecule has 1 aliphatic heterocycles. The van der Waals surface area contributed by atoms with Crippen LogP contribution in [0, 0.1) is 25.7 Å². The molecule has 5 rings (SSSR count). The molecule has 2 unspecified atom stereocenters. The summed E-state index contributed by atoms with van der Waals surface area (Å²) in [5.41, 5.74) is 3.24. The summed E-state index contributed by atoms with van der Waals surface area (Å²) in [5.74, 6) is 0.508. The van der Waals surface area contributed by atoms with Gasteiger partial charge >= 0.3 is 5.97 Å². The average Bonchev–Trinajstić information content (AvgIpc) is 3.50. The quantitative estimate of drug-likeness (QED) is 0.505. The summed E-state index contributed by atoms with van der Waals surface area (Å²) in [6, 6.07) is 6.11. The number of aliphatic hydroxyl groups is 1. The van der Waals surface area contributed by atoms with Crippen molar-refractivity contribution >= 4 is 11.7 Å². The molecule has 0 aromatic carbocycles. The Morgan fingerprint density at radius 1 is 1.20 bits per heavy atom. The van der Waals surface area contributed by atoms with Crippen molar-refractivity contribution in [3.63, 3.8) is 0 Å². The van der Waals surface area contributed by atoms with E-state index in [9.17, 15) is 9.90 Å². The van der Waals surface area contributed by atoms with Crippen molar-refractivity contribution in [3.05, 3.63) is 64.7 Å². The first-order valence-electron chi connectivity index (χ1n) is 12.6. The molecule has 0 bridgehead atoms. The minimum Gasteiger partial charge on any atom is -0.512 e. The molecule has 2 aliphatic rings. The van der Waals surface area contributed by atoms with Crippen LogP contribution in [-0.4, -0.2) is 41.2 Å². The molecule has 3 aromatic heterocycles. The highest BCUT2D eigenvalue weighted by molar-refractivity contribution is 5.84. The van der Waals surface area contributed by atoms with Crippen molar-refractivity contribution in [1.82, 2.24) is 24.6 Å². The molecule has 0 amide bonds. The number of cyclic esters (lactones) is 1. The van der Waals surface area contributed by atoms with Gasteiger partial charge in [-0.2, -0.15) is 4.98 Å². The van der Waals surface area contributed by atoms with Crippen LogP contribution >= 0.6 is 0 Å². The van der Waals surface area contributed by atoms with Crippen molar-refractivity contribution in [2.45, 2.75) is 77.7 Å². The number of hydrogen-bond acceptors (Lipinski definition) is 7. The molecule has 0 radical (unpaired) electrons. The van der Waals surface area contributed by atoms with E-state index >= 15 is 0 Å². The number of ether oxygens (including phenoxy) is 1. The molecule has 1 saturated carbocycles. The van der Waals surface area contributed by atoms with Crippen molar-refractivity contribution in [2.75, 3.05) is 0 Å². The third-order valence-corrected chi connectivity index (χ3v) is 7.65. The maximum absolute atomic E-state index is 12.7. The van der Waals surface area contributed by atoms with E-state index in [1.54, 1.807) is 4.52 Å². The Morgan fingerprint density at radius 3 is 2.77 bits per heavy atom. The molecule has 1 fully saturated rings. The molecule has 8 heteroatoms. The summed E-state index contributed by atoms with van der Waals surface area (Å²) in [7, 11) is 0. The van der Waals surface area contributed by atoms with E-state index in [1.807, 2.05) is 32.2 Å². The van der Waals surface area contributed by atoms with Crippen molar-refractivity contribution in [1.29, 1.82) is 0 Å². The molecule has 184 valence electrons. The number of aliphatic hydroxyl groups excluding tert-OH is 1. The lowest BCUT2D eigenvalue weighted by Gasteiger charge is -2.46. The molecule has 0 spiro atoms. The Kier molecular flexibility index (Phi) is 6.30. The molecule has 1 N–H and O–H groups in total. The maximum atomic E-state index is 12.7. The lowest BCUT2D eigenvalue weighted by atomic mass is 9.69.